The summed E-state index contributed by atoms with van der Waals surface area (Å²) in [4.78, 5) is 18.1. The van der Waals surface area contributed by atoms with Crippen LogP contribution in [-0.2, 0) is 6.42 Å². The lowest BCUT2D eigenvalue weighted by Gasteiger charge is -2.32. The van der Waals surface area contributed by atoms with Crippen molar-refractivity contribution in [1.29, 1.82) is 0 Å². The van der Waals surface area contributed by atoms with E-state index in [0.29, 0.717) is 59.4 Å². The Bertz CT molecular complexity index is 1010. The summed E-state index contributed by atoms with van der Waals surface area (Å²) in [6.45, 7) is 3.04. The van der Waals surface area contributed by atoms with Crippen LogP contribution in [0.2, 0.25) is 0 Å². The quantitative estimate of drug-likeness (QED) is 0.635. The van der Waals surface area contributed by atoms with Gasteiger partial charge in [0.1, 0.15) is 5.75 Å². The summed E-state index contributed by atoms with van der Waals surface area (Å²) in [5.74, 6) is 2.46. The van der Waals surface area contributed by atoms with Crippen molar-refractivity contribution in [1.82, 2.24) is 9.80 Å². The van der Waals surface area contributed by atoms with Crippen molar-refractivity contribution in [3.63, 3.8) is 0 Å². The number of hydrogen-bond acceptors (Lipinski definition) is 7. The highest BCUT2D eigenvalue weighted by Gasteiger charge is 2.37. The van der Waals surface area contributed by atoms with Gasteiger partial charge in [-0.15, -0.1) is 0 Å². The Morgan fingerprint density at radius 3 is 2.29 bits per heavy atom. The number of fused-ring (bicyclic) bond motifs is 4. The normalized spacial score (nSPS) is 20.1. The Balaban J connectivity index is 1.71. The molecule has 3 aliphatic rings. The third kappa shape index (κ3) is 4.79. The molecule has 0 aromatic heterocycles. The summed E-state index contributed by atoms with van der Waals surface area (Å²) in [6, 6.07) is 9.79. The number of rotatable bonds is 8. The lowest BCUT2D eigenvalue weighted by Crippen LogP contribution is -2.42. The Labute approximate surface area is 201 Å². The second-order valence-electron chi connectivity index (χ2n) is 9.05. The largest absolute Gasteiger partial charge is 0.492 e. The maximum Gasteiger partial charge on any atom is 0.257 e. The van der Waals surface area contributed by atoms with Crippen LogP contribution in [0.25, 0.3) is 0 Å². The fraction of sp³-hybridized carbons (Fsp3) is 0.500. The Hall–Kier alpha value is -2.97. The molecule has 2 atom stereocenters. The lowest BCUT2D eigenvalue weighted by atomic mass is 9.96. The van der Waals surface area contributed by atoms with E-state index in [0.717, 1.165) is 37.9 Å². The van der Waals surface area contributed by atoms with Gasteiger partial charge in [0.15, 0.2) is 11.5 Å². The van der Waals surface area contributed by atoms with Crippen LogP contribution in [0.4, 0.5) is 0 Å². The first-order valence-electron chi connectivity index (χ1n) is 11.8. The predicted molar refractivity (Wildman–Crippen MR) is 130 cm³/mol. The van der Waals surface area contributed by atoms with E-state index in [-0.39, 0.29) is 5.91 Å². The number of amides is 1. The van der Waals surface area contributed by atoms with Crippen LogP contribution in [0.1, 0.15) is 28.8 Å². The molecule has 2 bridgehead atoms. The molecule has 5 rings (SSSR count). The molecule has 0 spiro atoms. The average Bonchev–Trinajstić information content (AvgIpc) is 3.15. The SMILES string of the molecule is COc1c(Oc2ccc(CCN)cc2)cc(C(=O)N2C[C@H]3CC[C@@H](C2)N(C)C3)c(OC)c1OC. The number of carbonyl (C=O) groups excluding carboxylic acids is 1. The van der Waals surface area contributed by atoms with E-state index in [1.807, 2.05) is 29.2 Å². The molecular formula is C26H35N3O5. The van der Waals surface area contributed by atoms with Gasteiger partial charge in [-0.05, 0) is 56.5 Å². The predicted octanol–water partition coefficient (Wildman–Crippen LogP) is 3.17. The van der Waals surface area contributed by atoms with Crippen molar-refractivity contribution in [2.45, 2.75) is 25.3 Å². The van der Waals surface area contributed by atoms with Crippen molar-refractivity contribution in [3.05, 3.63) is 41.5 Å². The van der Waals surface area contributed by atoms with Gasteiger partial charge in [0.2, 0.25) is 11.5 Å². The standard InChI is InChI=1S/C26H35N3O5/c1-28-14-18-5-8-19(28)16-29(15-18)26(30)21-13-22(24(32-3)25(33-4)23(21)31-2)34-20-9-6-17(7-10-20)11-12-27/h6-7,9-10,13,18-19H,5,8,11-12,14-16,27H2,1-4H3/t18-,19-/m0/s1. The highest BCUT2D eigenvalue weighted by molar-refractivity contribution is 5.99. The summed E-state index contributed by atoms with van der Waals surface area (Å²) in [7, 11) is 6.75. The third-order valence-electron chi connectivity index (χ3n) is 6.86. The van der Waals surface area contributed by atoms with Crippen LogP contribution in [0.3, 0.4) is 0 Å². The molecule has 34 heavy (non-hydrogen) atoms. The third-order valence-corrected chi connectivity index (χ3v) is 6.86. The average molecular weight is 470 g/mol. The van der Waals surface area contributed by atoms with Crippen LogP contribution in [0.5, 0.6) is 28.7 Å². The molecule has 0 radical (unpaired) electrons. The van der Waals surface area contributed by atoms with E-state index in [2.05, 4.69) is 11.9 Å². The minimum Gasteiger partial charge on any atom is -0.492 e. The van der Waals surface area contributed by atoms with Gasteiger partial charge in [-0.25, -0.2) is 0 Å². The van der Waals surface area contributed by atoms with Gasteiger partial charge in [0, 0.05) is 31.7 Å². The minimum absolute atomic E-state index is 0.0897. The molecule has 2 N–H and O–H groups in total. The highest BCUT2D eigenvalue weighted by atomic mass is 16.5. The summed E-state index contributed by atoms with van der Waals surface area (Å²) in [5, 5.41) is 0. The van der Waals surface area contributed by atoms with E-state index in [4.69, 9.17) is 24.7 Å². The molecule has 3 heterocycles. The molecule has 0 saturated carbocycles. The van der Waals surface area contributed by atoms with Crippen molar-refractivity contribution >= 4 is 5.91 Å². The number of nitrogens with two attached hydrogens (primary N) is 1. The van der Waals surface area contributed by atoms with Gasteiger partial charge in [-0.1, -0.05) is 12.1 Å². The van der Waals surface area contributed by atoms with Crippen LogP contribution >= 0.6 is 0 Å². The maximum atomic E-state index is 13.8. The number of nitrogens with zero attached hydrogens (tertiary/aromatic N) is 2. The number of hydrogen-bond donors (Lipinski definition) is 1. The number of carbonyl (C=O) groups is 1. The molecule has 2 aromatic rings. The zero-order chi connectivity index (χ0) is 24.2. The number of piperidine rings is 1. The monoisotopic (exact) mass is 469 g/mol. The van der Waals surface area contributed by atoms with Gasteiger partial charge in [0.25, 0.3) is 5.91 Å². The van der Waals surface area contributed by atoms with Crippen LogP contribution in [0, 0.1) is 5.92 Å². The lowest BCUT2D eigenvalue weighted by molar-refractivity contribution is 0.0738. The first-order chi connectivity index (χ1) is 16.5. The Morgan fingerprint density at radius 1 is 0.971 bits per heavy atom. The van der Waals surface area contributed by atoms with Crippen molar-refractivity contribution in [3.8, 4) is 28.7 Å². The minimum atomic E-state index is -0.0897. The van der Waals surface area contributed by atoms with Gasteiger partial charge in [-0.3, -0.25) is 4.79 Å². The van der Waals surface area contributed by atoms with Crippen molar-refractivity contribution in [2.75, 3.05) is 54.6 Å². The molecule has 2 aromatic carbocycles. The Morgan fingerprint density at radius 2 is 1.68 bits per heavy atom. The molecule has 8 heteroatoms. The van der Waals surface area contributed by atoms with Crippen LogP contribution in [0.15, 0.2) is 30.3 Å². The number of benzene rings is 2. The highest BCUT2D eigenvalue weighted by Crippen LogP contribution is 2.48. The molecule has 3 fully saturated rings. The van der Waals surface area contributed by atoms with E-state index in [1.54, 1.807) is 13.2 Å². The number of ether oxygens (including phenoxy) is 4. The first-order valence-corrected chi connectivity index (χ1v) is 11.8. The second-order valence-corrected chi connectivity index (χ2v) is 9.05. The molecule has 0 aliphatic carbocycles. The summed E-state index contributed by atoms with van der Waals surface area (Å²) in [6.07, 6.45) is 3.06. The number of methoxy groups -OCH3 is 3. The van der Waals surface area contributed by atoms with Gasteiger partial charge >= 0.3 is 0 Å². The van der Waals surface area contributed by atoms with Gasteiger partial charge < -0.3 is 34.5 Å². The molecule has 0 unspecified atom stereocenters. The molecule has 1 amide bonds. The Kier molecular flexibility index (Phi) is 7.48. The van der Waals surface area contributed by atoms with Gasteiger partial charge in [-0.2, -0.15) is 0 Å². The van der Waals surface area contributed by atoms with Crippen LogP contribution in [-0.4, -0.2) is 76.3 Å². The topological polar surface area (TPSA) is 86.5 Å². The van der Waals surface area contributed by atoms with Crippen LogP contribution < -0.4 is 24.7 Å². The fourth-order valence-electron chi connectivity index (χ4n) is 5.09. The van der Waals surface area contributed by atoms with Crippen molar-refractivity contribution < 1.29 is 23.7 Å². The molecule has 3 saturated heterocycles. The fourth-order valence-corrected chi connectivity index (χ4v) is 5.09. The molecule has 184 valence electrons. The smallest absolute Gasteiger partial charge is 0.257 e. The van der Waals surface area contributed by atoms with Crippen molar-refractivity contribution in [2.24, 2.45) is 11.7 Å². The summed E-state index contributed by atoms with van der Waals surface area (Å²) >= 11 is 0. The zero-order valence-corrected chi connectivity index (χ0v) is 20.5. The first kappa shape index (κ1) is 24.2. The van der Waals surface area contributed by atoms with E-state index < -0.39 is 0 Å². The summed E-state index contributed by atoms with van der Waals surface area (Å²) in [5.41, 5.74) is 7.18. The molecular weight excluding hydrogens is 434 g/mol. The zero-order valence-electron chi connectivity index (χ0n) is 20.5. The maximum absolute atomic E-state index is 13.8. The second kappa shape index (κ2) is 10.5. The summed E-state index contributed by atoms with van der Waals surface area (Å²) < 4.78 is 23.1. The van der Waals surface area contributed by atoms with Gasteiger partial charge in [0.05, 0.1) is 26.9 Å². The van der Waals surface area contributed by atoms with E-state index in [1.165, 1.54) is 14.2 Å². The number of likely N-dealkylation sites (N-methyl/N-ethyl adjacent to an activating group) is 1. The van der Waals surface area contributed by atoms with E-state index >= 15 is 0 Å². The molecule has 8 nitrogen and oxygen atoms in total. The molecule has 3 aliphatic heterocycles. The van der Waals surface area contributed by atoms with E-state index in [9.17, 15) is 4.79 Å².